The summed E-state index contributed by atoms with van der Waals surface area (Å²) in [6, 6.07) is 9.67. The first-order valence-corrected chi connectivity index (χ1v) is 9.84. The van der Waals surface area contributed by atoms with E-state index >= 15 is 0 Å². The average Bonchev–Trinajstić information content (AvgIpc) is 3.03. The van der Waals surface area contributed by atoms with Gasteiger partial charge in [0.15, 0.2) is 0 Å². The summed E-state index contributed by atoms with van der Waals surface area (Å²) in [7, 11) is 1.49. The molecule has 2 amide bonds. The maximum absolute atomic E-state index is 12.4. The molecule has 1 aromatic carbocycles. The molecule has 0 radical (unpaired) electrons. The number of ether oxygens (including phenoxy) is 2. The molecule has 29 heavy (non-hydrogen) atoms. The molecular formula is C20H25N3O5S. The van der Waals surface area contributed by atoms with Gasteiger partial charge in [0.2, 0.25) is 5.91 Å². The van der Waals surface area contributed by atoms with E-state index in [-0.39, 0.29) is 47.1 Å². The second-order valence-electron chi connectivity index (χ2n) is 6.31. The third-order valence-electron chi connectivity index (χ3n) is 4.22. The molecular weight excluding hydrogens is 394 g/mol. The van der Waals surface area contributed by atoms with Gasteiger partial charge in [-0.15, -0.1) is 11.3 Å². The van der Waals surface area contributed by atoms with Crippen molar-refractivity contribution in [3.8, 4) is 0 Å². The molecule has 1 heterocycles. The molecule has 0 aliphatic rings. The topological polar surface area (TPSA) is 120 Å². The number of amides is 2. The largest absolute Gasteiger partial charge is 0.460 e. The molecule has 0 spiro atoms. The SMILES string of the molecule is COCCOC(=O)c1c(NC(=O)CN[C@@H](C)c2ccccc2)sc(C(N)=O)c1C. The predicted octanol–water partition coefficient (Wildman–Crippen LogP) is 2.25. The van der Waals surface area contributed by atoms with Crippen molar-refractivity contribution >= 4 is 34.1 Å². The monoisotopic (exact) mass is 419 g/mol. The summed E-state index contributed by atoms with van der Waals surface area (Å²) in [6.07, 6.45) is 0. The van der Waals surface area contributed by atoms with Crippen molar-refractivity contribution in [2.75, 3.05) is 32.2 Å². The number of benzene rings is 1. The van der Waals surface area contributed by atoms with Gasteiger partial charge >= 0.3 is 5.97 Å². The van der Waals surface area contributed by atoms with Crippen molar-refractivity contribution in [3.63, 3.8) is 0 Å². The lowest BCUT2D eigenvalue weighted by Crippen LogP contribution is -2.30. The number of carbonyl (C=O) groups is 3. The first-order valence-electron chi connectivity index (χ1n) is 9.02. The summed E-state index contributed by atoms with van der Waals surface area (Å²) in [5.74, 6) is -1.67. The molecule has 1 atom stereocenters. The summed E-state index contributed by atoms with van der Waals surface area (Å²) in [4.78, 5) is 36.7. The molecule has 2 rings (SSSR count). The van der Waals surface area contributed by atoms with Gasteiger partial charge < -0.3 is 25.8 Å². The van der Waals surface area contributed by atoms with E-state index in [4.69, 9.17) is 15.2 Å². The molecule has 2 aromatic rings. The Bertz CT molecular complexity index is 867. The van der Waals surface area contributed by atoms with Crippen LogP contribution in [-0.2, 0) is 14.3 Å². The second kappa shape index (κ2) is 10.7. The lowest BCUT2D eigenvalue weighted by atomic mass is 10.1. The van der Waals surface area contributed by atoms with Crippen LogP contribution in [0.5, 0.6) is 0 Å². The standard InChI is InChI=1S/C20H25N3O5S/c1-12-16(20(26)28-10-9-27-3)19(29-17(12)18(21)25)23-15(24)11-22-13(2)14-7-5-4-6-8-14/h4-8,13,22H,9-11H2,1-3H3,(H2,21,25)(H,23,24)/t13-/m0/s1. The summed E-state index contributed by atoms with van der Waals surface area (Å²) in [5, 5.41) is 6.04. The predicted molar refractivity (Wildman–Crippen MR) is 111 cm³/mol. The number of hydrogen-bond donors (Lipinski definition) is 3. The van der Waals surface area contributed by atoms with Gasteiger partial charge in [0.05, 0.1) is 23.6 Å². The zero-order chi connectivity index (χ0) is 21.4. The van der Waals surface area contributed by atoms with Gasteiger partial charge in [0, 0.05) is 13.2 Å². The summed E-state index contributed by atoms with van der Waals surface area (Å²) >= 11 is 0.954. The van der Waals surface area contributed by atoms with Crippen LogP contribution in [0.1, 0.15) is 44.1 Å². The van der Waals surface area contributed by atoms with Crippen LogP contribution in [0.3, 0.4) is 0 Å². The minimum Gasteiger partial charge on any atom is -0.460 e. The Hall–Kier alpha value is -2.75. The fourth-order valence-electron chi connectivity index (χ4n) is 2.65. The first-order chi connectivity index (χ1) is 13.8. The minimum atomic E-state index is -0.672. The number of carbonyl (C=O) groups excluding carboxylic acids is 3. The number of esters is 1. The van der Waals surface area contributed by atoms with Crippen LogP contribution in [0.25, 0.3) is 0 Å². The number of methoxy groups -OCH3 is 1. The maximum atomic E-state index is 12.4. The Morgan fingerprint density at radius 2 is 1.86 bits per heavy atom. The van der Waals surface area contributed by atoms with E-state index in [1.54, 1.807) is 6.92 Å². The van der Waals surface area contributed by atoms with E-state index in [9.17, 15) is 14.4 Å². The molecule has 0 bridgehead atoms. The molecule has 0 unspecified atom stereocenters. The molecule has 4 N–H and O–H groups in total. The van der Waals surface area contributed by atoms with E-state index in [1.165, 1.54) is 7.11 Å². The van der Waals surface area contributed by atoms with Gasteiger partial charge in [0.1, 0.15) is 11.6 Å². The highest BCUT2D eigenvalue weighted by Gasteiger charge is 2.25. The van der Waals surface area contributed by atoms with E-state index in [0.29, 0.717) is 5.56 Å². The van der Waals surface area contributed by atoms with Gasteiger partial charge in [0.25, 0.3) is 5.91 Å². The third kappa shape index (κ3) is 6.11. The molecule has 0 aliphatic carbocycles. The summed E-state index contributed by atoms with van der Waals surface area (Å²) in [5.41, 5.74) is 6.94. The van der Waals surface area contributed by atoms with E-state index < -0.39 is 11.9 Å². The number of nitrogens with two attached hydrogens (primary N) is 1. The molecule has 0 saturated heterocycles. The maximum Gasteiger partial charge on any atom is 0.341 e. The van der Waals surface area contributed by atoms with Crippen LogP contribution in [-0.4, -0.2) is 44.7 Å². The number of rotatable bonds is 10. The van der Waals surface area contributed by atoms with E-state index in [2.05, 4.69) is 10.6 Å². The van der Waals surface area contributed by atoms with Crippen LogP contribution in [0.2, 0.25) is 0 Å². The number of anilines is 1. The van der Waals surface area contributed by atoms with Gasteiger partial charge in [-0.25, -0.2) is 4.79 Å². The molecule has 0 saturated carbocycles. The van der Waals surface area contributed by atoms with E-state index in [1.807, 2.05) is 37.3 Å². The lowest BCUT2D eigenvalue weighted by molar-refractivity contribution is -0.115. The third-order valence-corrected chi connectivity index (χ3v) is 5.44. The Morgan fingerprint density at radius 3 is 2.48 bits per heavy atom. The van der Waals surface area contributed by atoms with Crippen LogP contribution >= 0.6 is 11.3 Å². The van der Waals surface area contributed by atoms with Crippen LogP contribution < -0.4 is 16.4 Å². The van der Waals surface area contributed by atoms with Crippen LogP contribution in [0.15, 0.2) is 30.3 Å². The zero-order valence-electron chi connectivity index (χ0n) is 16.6. The molecule has 0 fully saturated rings. The van der Waals surface area contributed by atoms with Gasteiger partial charge in [-0.1, -0.05) is 30.3 Å². The Kier molecular flexibility index (Phi) is 8.32. The zero-order valence-corrected chi connectivity index (χ0v) is 17.4. The number of hydrogen-bond acceptors (Lipinski definition) is 7. The van der Waals surface area contributed by atoms with Crippen LogP contribution in [0, 0.1) is 6.92 Å². The number of nitrogens with one attached hydrogen (secondary N) is 2. The molecule has 0 aliphatic heterocycles. The fourth-order valence-corrected chi connectivity index (χ4v) is 3.71. The van der Waals surface area contributed by atoms with Crippen molar-refractivity contribution in [2.45, 2.75) is 19.9 Å². The number of primary amides is 1. The van der Waals surface area contributed by atoms with Gasteiger partial charge in [-0.2, -0.15) is 0 Å². The quantitative estimate of drug-likeness (QED) is 0.401. The van der Waals surface area contributed by atoms with E-state index in [0.717, 1.165) is 16.9 Å². The molecule has 156 valence electrons. The smallest absolute Gasteiger partial charge is 0.341 e. The second-order valence-corrected chi connectivity index (χ2v) is 7.34. The molecule has 9 heteroatoms. The highest BCUT2D eigenvalue weighted by Crippen LogP contribution is 2.33. The first kappa shape index (κ1) is 22.5. The van der Waals surface area contributed by atoms with Crippen molar-refractivity contribution < 1.29 is 23.9 Å². The highest BCUT2D eigenvalue weighted by atomic mass is 32.1. The Labute approximate surface area is 173 Å². The van der Waals surface area contributed by atoms with Crippen molar-refractivity contribution in [3.05, 3.63) is 51.9 Å². The lowest BCUT2D eigenvalue weighted by Gasteiger charge is -2.14. The normalized spacial score (nSPS) is 11.7. The highest BCUT2D eigenvalue weighted by molar-refractivity contribution is 7.18. The summed E-state index contributed by atoms with van der Waals surface area (Å²) < 4.78 is 10.0. The van der Waals surface area contributed by atoms with Crippen molar-refractivity contribution in [1.29, 1.82) is 0 Å². The van der Waals surface area contributed by atoms with Crippen molar-refractivity contribution in [2.24, 2.45) is 5.73 Å². The fraction of sp³-hybridized carbons (Fsp3) is 0.350. The minimum absolute atomic E-state index is 0.0249. The summed E-state index contributed by atoms with van der Waals surface area (Å²) in [6.45, 7) is 3.86. The van der Waals surface area contributed by atoms with Crippen molar-refractivity contribution in [1.82, 2.24) is 5.32 Å². The molecule has 8 nitrogen and oxygen atoms in total. The number of thiophene rings is 1. The Balaban J connectivity index is 2.09. The Morgan fingerprint density at radius 1 is 1.17 bits per heavy atom. The van der Waals surface area contributed by atoms with Crippen LogP contribution in [0.4, 0.5) is 5.00 Å². The van der Waals surface area contributed by atoms with Gasteiger partial charge in [-0.3, -0.25) is 9.59 Å². The van der Waals surface area contributed by atoms with Gasteiger partial charge in [-0.05, 0) is 25.0 Å². The molecule has 1 aromatic heterocycles. The average molecular weight is 420 g/mol.